The molecule has 0 radical (unpaired) electrons. The van der Waals surface area contributed by atoms with Gasteiger partial charge in [-0.15, -0.1) is 0 Å². The van der Waals surface area contributed by atoms with E-state index in [-0.39, 0.29) is 11.5 Å². The molecule has 8 heteroatoms. The van der Waals surface area contributed by atoms with E-state index in [9.17, 15) is 9.59 Å². The Morgan fingerprint density at radius 3 is 2.52 bits per heavy atom. The predicted molar refractivity (Wildman–Crippen MR) is 112 cm³/mol. The Kier molecular flexibility index (Phi) is 4.92. The Morgan fingerprint density at radius 1 is 1.07 bits per heavy atom. The highest BCUT2D eigenvalue weighted by atomic mass is 16.4. The summed E-state index contributed by atoms with van der Waals surface area (Å²) in [6.45, 7) is 4.11. The van der Waals surface area contributed by atoms with Gasteiger partial charge in [-0.25, -0.2) is 9.78 Å². The fourth-order valence-corrected chi connectivity index (χ4v) is 3.40. The molecule has 4 rings (SSSR count). The van der Waals surface area contributed by atoms with Crippen molar-refractivity contribution >= 4 is 28.6 Å². The highest BCUT2D eigenvalue weighted by molar-refractivity contribution is 5.96. The van der Waals surface area contributed by atoms with Crippen LogP contribution in [0.2, 0.25) is 0 Å². The molecular formula is C21H23N5O3. The Morgan fingerprint density at radius 2 is 1.79 bits per heavy atom. The lowest BCUT2D eigenvalue weighted by atomic mass is 10.1. The lowest BCUT2D eigenvalue weighted by Crippen LogP contribution is -2.50. The van der Waals surface area contributed by atoms with Gasteiger partial charge in [0.25, 0.3) is 5.91 Å². The van der Waals surface area contributed by atoms with Crippen molar-refractivity contribution in [3.05, 3.63) is 58.1 Å². The Balaban J connectivity index is 1.51. The van der Waals surface area contributed by atoms with Crippen molar-refractivity contribution in [1.29, 1.82) is 0 Å². The number of fused-ring (bicyclic) bond motifs is 1. The number of aryl methyl sites for hydroxylation is 1. The molecule has 0 bridgehead atoms. The number of piperazine rings is 1. The zero-order chi connectivity index (χ0) is 20.5. The number of carbonyl (C=O) groups excluding carboxylic acids is 1. The fourth-order valence-electron chi connectivity index (χ4n) is 3.40. The average Bonchev–Trinajstić information content (AvgIpc) is 2.72. The van der Waals surface area contributed by atoms with Gasteiger partial charge in [0.2, 0.25) is 5.95 Å². The van der Waals surface area contributed by atoms with Crippen molar-refractivity contribution in [2.75, 3.05) is 50.1 Å². The molecule has 0 aliphatic carbocycles. The maximum atomic E-state index is 12.9. The zero-order valence-corrected chi connectivity index (χ0v) is 16.8. The van der Waals surface area contributed by atoms with Gasteiger partial charge < -0.3 is 19.1 Å². The quantitative estimate of drug-likeness (QED) is 0.629. The van der Waals surface area contributed by atoms with Gasteiger partial charge in [-0.3, -0.25) is 4.79 Å². The molecule has 1 fully saturated rings. The standard InChI is InChI=1S/C21H23N5O3/c1-14-12-18(24(2)3)23-21(22-14)26-10-8-25(9-11-26)19(27)16-13-15-6-4-5-7-17(15)29-20(16)28/h4-7,12-13H,8-11H2,1-3H3. The molecule has 150 valence electrons. The SMILES string of the molecule is Cc1cc(N(C)C)nc(N2CCN(C(=O)c3cc4ccccc4oc3=O)CC2)n1. The van der Waals surface area contributed by atoms with E-state index in [4.69, 9.17) is 4.42 Å². The molecule has 1 amide bonds. The van der Waals surface area contributed by atoms with Crippen LogP contribution in [-0.2, 0) is 0 Å². The van der Waals surface area contributed by atoms with E-state index in [1.54, 1.807) is 23.1 Å². The summed E-state index contributed by atoms with van der Waals surface area (Å²) >= 11 is 0. The van der Waals surface area contributed by atoms with E-state index in [1.807, 2.05) is 44.1 Å². The van der Waals surface area contributed by atoms with Crippen molar-refractivity contribution in [3.63, 3.8) is 0 Å². The van der Waals surface area contributed by atoms with Crippen LogP contribution in [0.5, 0.6) is 0 Å². The summed E-state index contributed by atoms with van der Waals surface area (Å²) in [5, 5.41) is 0.735. The van der Waals surface area contributed by atoms with Crippen LogP contribution in [-0.4, -0.2) is 61.0 Å². The maximum absolute atomic E-state index is 12.9. The molecule has 0 atom stereocenters. The van der Waals surface area contributed by atoms with Gasteiger partial charge in [-0.1, -0.05) is 18.2 Å². The first kappa shape index (κ1) is 18.9. The third-order valence-corrected chi connectivity index (χ3v) is 5.01. The van der Waals surface area contributed by atoms with Gasteiger partial charge in [0, 0.05) is 57.4 Å². The van der Waals surface area contributed by atoms with Crippen molar-refractivity contribution in [3.8, 4) is 0 Å². The van der Waals surface area contributed by atoms with Crippen LogP contribution >= 0.6 is 0 Å². The topological polar surface area (TPSA) is 82.8 Å². The van der Waals surface area contributed by atoms with Crippen molar-refractivity contribution in [2.24, 2.45) is 0 Å². The molecule has 1 aliphatic heterocycles. The van der Waals surface area contributed by atoms with Gasteiger partial charge in [0.05, 0.1) is 0 Å². The molecule has 1 saturated heterocycles. The van der Waals surface area contributed by atoms with E-state index < -0.39 is 5.63 Å². The first-order valence-electron chi connectivity index (χ1n) is 9.52. The molecule has 8 nitrogen and oxygen atoms in total. The summed E-state index contributed by atoms with van der Waals surface area (Å²) in [6, 6.07) is 10.7. The molecule has 3 aromatic rings. The van der Waals surface area contributed by atoms with Crippen LogP contribution in [0.1, 0.15) is 16.1 Å². The Hall–Kier alpha value is -3.42. The second-order valence-electron chi connectivity index (χ2n) is 7.33. The third kappa shape index (κ3) is 3.78. The number of para-hydroxylation sites is 1. The number of anilines is 2. The first-order chi connectivity index (χ1) is 13.9. The van der Waals surface area contributed by atoms with Crippen LogP contribution in [0.4, 0.5) is 11.8 Å². The van der Waals surface area contributed by atoms with E-state index in [1.165, 1.54) is 0 Å². The summed E-state index contributed by atoms with van der Waals surface area (Å²) in [5.74, 6) is 1.20. The summed E-state index contributed by atoms with van der Waals surface area (Å²) in [5.41, 5.74) is 0.839. The van der Waals surface area contributed by atoms with Gasteiger partial charge in [-0.05, 0) is 19.1 Å². The number of amides is 1. The lowest BCUT2D eigenvalue weighted by molar-refractivity contribution is 0.0742. The van der Waals surface area contributed by atoms with E-state index >= 15 is 0 Å². The van der Waals surface area contributed by atoms with Gasteiger partial charge in [0.15, 0.2) is 0 Å². The lowest BCUT2D eigenvalue weighted by Gasteiger charge is -2.35. The van der Waals surface area contributed by atoms with Crippen LogP contribution in [0.25, 0.3) is 11.0 Å². The fraction of sp³-hybridized carbons (Fsp3) is 0.333. The van der Waals surface area contributed by atoms with Gasteiger partial charge in [-0.2, -0.15) is 4.98 Å². The normalized spacial score (nSPS) is 14.3. The van der Waals surface area contributed by atoms with Gasteiger partial charge in [0.1, 0.15) is 17.0 Å². The highest BCUT2D eigenvalue weighted by Gasteiger charge is 2.26. The summed E-state index contributed by atoms with van der Waals surface area (Å²) in [6.07, 6.45) is 0. The van der Waals surface area contributed by atoms with Crippen LogP contribution < -0.4 is 15.4 Å². The zero-order valence-electron chi connectivity index (χ0n) is 16.8. The van der Waals surface area contributed by atoms with Gasteiger partial charge >= 0.3 is 5.63 Å². The van der Waals surface area contributed by atoms with Crippen LogP contribution in [0.15, 0.2) is 45.6 Å². The smallest absolute Gasteiger partial charge is 0.349 e. The number of hydrogen-bond acceptors (Lipinski definition) is 7. The number of carbonyl (C=O) groups is 1. The maximum Gasteiger partial charge on any atom is 0.349 e. The Bertz CT molecular complexity index is 1120. The molecule has 1 aromatic carbocycles. The number of nitrogens with zero attached hydrogens (tertiary/aromatic N) is 5. The van der Waals surface area contributed by atoms with Crippen molar-refractivity contribution in [2.45, 2.75) is 6.92 Å². The first-order valence-corrected chi connectivity index (χ1v) is 9.52. The van der Waals surface area contributed by atoms with E-state index in [0.717, 1.165) is 16.9 Å². The molecule has 0 unspecified atom stereocenters. The number of rotatable bonds is 3. The summed E-state index contributed by atoms with van der Waals surface area (Å²) in [4.78, 5) is 40.0. The molecule has 1 aliphatic rings. The molecule has 2 aromatic heterocycles. The minimum atomic E-state index is -0.603. The van der Waals surface area contributed by atoms with E-state index in [0.29, 0.717) is 37.7 Å². The average molecular weight is 393 g/mol. The monoisotopic (exact) mass is 393 g/mol. The summed E-state index contributed by atoms with van der Waals surface area (Å²) < 4.78 is 5.31. The molecular weight excluding hydrogens is 370 g/mol. The molecule has 0 N–H and O–H groups in total. The van der Waals surface area contributed by atoms with Crippen molar-refractivity contribution < 1.29 is 9.21 Å². The number of hydrogen-bond donors (Lipinski definition) is 0. The third-order valence-electron chi connectivity index (χ3n) is 5.01. The predicted octanol–water partition coefficient (Wildman–Crippen LogP) is 1.92. The summed E-state index contributed by atoms with van der Waals surface area (Å²) in [7, 11) is 3.88. The minimum Gasteiger partial charge on any atom is -0.422 e. The van der Waals surface area contributed by atoms with Crippen LogP contribution in [0.3, 0.4) is 0 Å². The Labute approximate surface area is 168 Å². The van der Waals surface area contributed by atoms with Crippen LogP contribution in [0, 0.1) is 6.92 Å². The largest absolute Gasteiger partial charge is 0.422 e. The second kappa shape index (κ2) is 7.54. The number of benzene rings is 1. The molecule has 0 saturated carbocycles. The van der Waals surface area contributed by atoms with Crippen molar-refractivity contribution in [1.82, 2.24) is 14.9 Å². The molecule has 29 heavy (non-hydrogen) atoms. The van der Waals surface area contributed by atoms with E-state index in [2.05, 4.69) is 14.9 Å². The number of aromatic nitrogens is 2. The second-order valence-corrected chi connectivity index (χ2v) is 7.33. The molecule has 3 heterocycles. The molecule has 0 spiro atoms. The highest BCUT2D eigenvalue weighted by Crippen LogP contribution is 2.19. The minimum absolute atomic E-state index is 0.0684.